The molecule has 1 N–H and O–H groups in total. The average Bonchev–Trinajstić information content (AvgIpc) is 2.46. The Morgan fingerprint density at radius 2 is 2.00 bits per heavy atom. The number of ether oxygens (including phenoxy) is 1. The zero-order valence-electron chi connectivity index (χ0n) is 12.2. The van der Waals surface area contributed by atoms with Gasteiger partial charge in [-0.1, -0.05) is 6.92 Å². The quantitative estimate of drug-likeness (QED) is 0.803. The number of likely N-dealkylation sites (tertiary alicyclic amines) is 1. The molecular weight excluding hydrogens is 226 g/mol. The number of hydrogen-bond donors (Lipinski definition) is 1. The van der Waals surface area contributed by atoms with Gasteiger partial charge >= 0.3 is 0 Å². The van der Waals surface area contributed by atoms with E-state index in [2.05, 4.69) is 36.1 Å². The molecule has 2 rings (SSSR count). The van der Waals surface area contributed by atoms with Crippen molar-refractivity contribution >= 4 is 0 Å². The fourth-order valence-corrected chi connectivity index (χ4v) is 3.37. The summed E-state index contributed by atoms with van der Waals surface area (Å²) in [6.45, 7) is 7.75. The highest BCUT2D eigenvalue weighted by Gasteiger charge is 2.32. The zero-order valence-corrected chi connectivity index (χ0v) is 12.2. The molecule has 2 aliphatic heterocycles. The van der Waals surface area contributed by atoms with Crippen LogP contribution in [-0.4, -0.2) is 74.9 Å². The first-order valence-electron chi connectivity index (χ1n) is 7.45. The van der Waals surface area contributed by atoms with Crippen LogP contribution in [0.3, 0.4) is 0 Å². The number of likely N-dealkylation sites (N-methyl/N-ethyl adjacent to an activating group) is 2. The van der Waals surface area contributed by atoms with Crippen molar-refractivity contribution in [1.29, 1.82) is 0 Å². The monoisotopic (exact) mass is 255 g/mol. The van der Waals surface area contributed by atoms with E-state index >= 15 is 0 Å². The van der Waals surface area contributed by atoms with Gasteiger partial charge in [0.1, 0.15) is 0 Å². The van der Waals surface area contributed by atoms with Gasteiger partial charge in [-0.3, -0.25) is 4.90 Å². The van der Waals surface area contributed by atoms with Crippen molar-refractivity contribution in [3.63, 3.8) is 0 Å². The third-order valence-corrected chi connectivity index (χ3v) is 4.80. The Hall–Kier alpha value is -0.160. The summed E-state index contributed by atoms with van der Waals surface area (Å²) in [5.41, 5.74) is 0. The molecule has 2 heterocycles. The standard InChI is InChI=1S/C14H29N3O/c1-4-17-8-5-12(6-9-17)16(3)14-11-18-10-7-13(14)15-2/h12-15H,4-11H2,1-3H3. The molecule has 0 amide bonds. The molecule has 18 heavy (non-hydrogen) atoms. The summed E-state index contributed by atoms with van der Waals surface area (Å²) in [4.78, 5) is 5.13. The Bertz CT molecular complexity index is 241. The zero-order chi connectivity index (χ0) is 13.0. The average molecular weight is 255 g/mol. The lowest BCUT2D eigenvalue weighted by atomic mass is 9.96. The van der Waals surface area contributed by atoms with Crippen molar-refractivity contribution < 1.29 is 4.74 Å². The summed E-state index contributed by atoms with van der Waals surface area (Å²) in [5.74, 6) is 0. The molecule has 0 aromatic carbocycles. The van der Waals surface area contributed by atoms with E-state index in [9.17, 15) is 0 Å². The second-order valence-corrected chi connectivity index (χ2v) is 5.66. The second kappa shape index (κ2) is 6.85. The van der Waals surface area contributed by atoms with E-state index in [0.29, 0.717) is 12.1 Å². The molecule has 2 saturated heterocycles. The minimum absolute atomic E-state index is 0.543. The Labute approximate surface area is 112 Å². The van der Waals surface area contributed by atoms with Crippen LogP contribution >= 0.6 is 0 Å². The SMILES string of the molecule is CCN1CCC(N(C)C2COCCC2NC)CC1. The van der Waals surface area contributed by atoms with Crippen LogP contribution in [0.1, 0.15) is 26.2 Å². The van der Waals surface area contributed by atoms with Gasteiger partial charge in [0.25, 0.3) is 0 Å². The lowest BCUT2D eigenvalue weighted by Crippen LogP contribution is -2.57. The lowest BCUT2D eigenvalue weighted by Gasteiger charge is -2.44. The van der Waals surface area contributed by atoms with Crippen LogP contribution in [0.15, 0.2) is 0 Å². The Morgan fingerprint density at radius 3 is 2.61 bits per heavy atom. The third-order valence-electron chi connectivity index (χ3n) is 4.80. The lowest BCUT2D eigenvalue weighted by molar-refractivity contribution is -0.0171. The van der Waals surface area contributed by atoms with E-state index in [1.54, 1.807) is 0 Å². The van der Waals surface area contributed by atoms with E-state index < -0.39 is 0 Å². The second-order valence-electron chi connectivity index (χ2n) is 5.66. The molecule has 0 bridgehead atoms. The van der Waals surface area contributed by atoms with Crippen molar-refractivity contribution in [2.45, 2.75) is 44.3 Å². The molecule has 2 unspecified atom stereocenters. The molecule has 2 aliphatic rings. The largest absolute Gasteiger partial charge is 0.380 e. The van der Waals surface area contributed by atoms with Gasteiger partial charge in [0.15, 0.2) is 0 Å². The van der Waals surface area contributed by atoms with Crippen molar-refractivity contribution in [2.75, 3.05) is 46.9 Å². The van der Waals surface area contributed by atoms with Gasteiger partial charge in [-0.05, 0) is 53.0 Å². The maximum Gasteiger partial charge on any atom is 0.0637 e. The van der Waals surface area contributed by atoms with Crippen LogP contribution in [0.2, 0.25) is 0 Å². The Kier molecular flexibility index (Phi) is 5.42. The van der Waals surface area contributed by atoms with Crippen molar-refractivity contribution in [1.82, 2.24) is 15.1 Å². The molecule has 0 radical (unpaired) electrons. The van der Waals surface area contributed by atoms with Gasteiger partial charge in [-0.15, -0.1) is 0 Å². The maximum atomic E-state index is 5.68. The topological polar surface area (TPSA) is 27.7 Å². The fraction of sp³-hybridized carbons (Fsp3) is 1.00. The fourth-order valence-electron chi connectivity index (χ4n) is 3.37. The van der Waals surface area contributed by atoms with Crippen LogP contribution in [0.5, 0.6) is 0 Å². The predicted molar refractivity (Wildman–Crippen MR) is 75.0 cm³/mol. The molecule has 0 saturated carbocycles. The Morgan fingerprint density at radius 1 is 1.28 bits per heavy atom. The minimum atomic E-state index is 0.543. The molecular formula is C14H29N3O. The maximum absolute atomic E-state index is 5.68. The van der Waals surface area contributed by atoms with Crippen LogP contribution in [0, 0.1) is 0 Å². The van der Waals surface area contributed by atoms with Crippen molar-refractivity contribution in [3.05, 3.63) is 0 Å². The van der Waals surface area contributed by atoms with Crippen LogP contribution < -0.4 is 5.32 Å². The van der Waals surface area contributed by atoms with Gasteiger partial charge in [-0.25, -0.2) is 0 Å². The van der Waals surface area contributed by atoms with Gasteiger partial charge in [0.05, 0.1) is 6.61 Å². The molecule has 106 valence electrons. The number of rotatable bonds is 4. The van der Waals surface area contributed by atoms with Crippen LogP contribution in [-0.2, 0) is 4.74 Å². The summed E-state index contributed by atoms with van der Waals surface area (Å²) in [6, 6.07) is 1.87. The first-order chi connectivity index (χ1) is 8.76. The van der Waals surface area contributed by atoms with E-state index in [1.807, 2.05) is 0 Å². The van der Waals surface area contributed by atoms with Gasteiger partial charge in [0, 0.05) is 24.7 Å². The number of piperidine rings is 1. The molecule has 0 aromatic heterocycles. The van der Waals surface area contributed by atoms with Crippen LogP contribution in [0.25, 0.3) is 0 Å². The van der Waals surface area contributed by atoms with E-state index in [4.69, 9.17) is 4.74 Å². The van der Waals surface area contributed by atoms with E-state index in [0.717, 1.165) is 25.7 Å². The summed E-state index contributed by atoms with van der Waals surface area (Å²) in [7, 11) is 4.37. The van der Waals surface area contributed by atoms with Gasteiger partial charge in [0.2, 0.25) is 0 Å². The van der Waals surface area contributed by atoms with E-state index in [1.165, 1.54) is 32.5 Å². The number of hydrogen-bond acceptors (Lipinski definition) is 4. The minimum Gasteiger partial charge on any atom is -0.380 e. The summed E-state index contributed by atoms with van der Waals surface area (Å²) < 4.78 is 5.68. The summed E-state index contributed by atoms with van der Waals surface area (Å²) in [5, 5.41) is 3.46. The normalized spacial score (nSPS) is 32.0. The molecule has 0 aliphatic carbocycles. The number of nitrogens with one attached hydrogen (secondary N) is 1. The van der Waals surface area contributed by atoms with Crippen molar-refractivity contribution in [2.24, 2.45) is 0 Å². The first-order valence-corrected chi connectivity index (χ1v) is 7.45. The highest BCUT2D eigenvalue weighted by Crippen LogP contribution is 2.21. The van der Waals surface area contributed by atoms with Crippen LogP contribution in [0.4, 0.5) is 0 Å². The predicted octanol–water partition coefficient (Wildman–Crippen LogP) is 0.779. The molecule has 4 nitrogen and oxygen atoms in total. The molecule has 4 heteroatoms. The third kappa shape index (κ3) is 3.23. The molecule has 2 atom stereocenters. The van der Waals surface area contributed by atoms with Gasteiger partial charge in [-0.2, -0.15) is 0 Å². The molecule has 2 fully saturated rings. The first kappa shape index (κ1) is 14.3. The highest BCUT2D eigenvalue weighted by molar-refractivity contribution is 4.90. The summed E-state index contributed by atoms with van der Waals surface area (Å²) >= 11 is 0. The molecule has 0 spiro atoms. The smallest absolute Gasteiger partial charge is 0.0637 e. The van der Waals surface area contributed by atoms with Gasteiger partial charge < -0.3 is 15.0 Å². The summed E-state index contributed by atoms with van der Waals surface area (Å²) in [6.07, 6.45) is 3.74. The number of nitrogens with zero attached hydrogens (tertiary/aromatic N) is 2. The molecule has 0 aromatic rings. The Balaban J connectivity index is 1.87. The van der Waals surface area contributed by atoms with E-state index in [-0.39, 0.29) is 0 Å². The van der Waals surface area contributed by atoms with Crippen molar-refractivity contribution in [3.8, 4) is 0 Å². The highest BCUT2D eigenvalue weighted by atomic mass is 16.5.